The molecule has 0 unspecified atom stereocenters. The van der Waals surface area contributed by atoms with Gasteiger partial charge in [0.05, 0.1) is 13.2 Å². The second-order valence-electron chi connectivity index (χ2n) is 6.46. The number of imide groups is 1. The SMILES string of the molecule is O=C1NC(=O)[C@@](Cc2ccc(N(CCO)CCO)cc2)(c2ccccc2)N1. The van der Waals surface area contributed by atoms with E-state index in [-0.39, 0.29) is 19.1 Å². The first-order valence-electron chi connectivity index (χ1n) is 8.84. The van der Waals surface area contributed by atoms with Crippen LogP contribution in [-0.4, -0.2) is 48.5 Å². The number of anilines is 1. The van der Waals surface area contributed by atoms with Crippen LogP contribution in [0.15, 0.2) is 54.6 Å². The van der Waals surface area contributed by atoms with Crippen molar-refractivity contribution < 1.29 is 19.8 Å². The number of nitrogens with one attached hydrogen (secondary N) is 2. The highest BCUT2D eigenvalue weighted by Gasteiger charge is 2.47. The van der Waals surface area contributed by atoms with Gasteiger partial charge in [0.1, 0.15) is 0 Å². The van der Waals surface area contributed by atoms with E-state index in [1.54, 1.807) is 0 Å². The number of amides is 3. The van der Waals surface area contributed by atoms with Gasteiger partial charge in [-0.2, -0.15) is 0 Å². The molecule has 0 aliphatic carbocycles. The fourth-order valence-corrected chi connectivity index (χ4v) is 3.39. The van der Waals surface area contributed by atoms with Gasteiger partial charge in [-0.1, -0.05) is 42.5 Å². The third-order valence-corrected chi connectivity index (χ3v) is 4.72. The average molecular weight is 369 g/mol. The first kappa shape index (κ1) is 18.9. The minimum Gasteiger partial charge on any atom is -0.395 e. The Hall–Kier alpha value is -2.90. The third kappa shape index (κ3) is 3.94. The summed E-state index contributed by atoms with van der Waals surface area (Å²) in [6, 6.07) is 16.2. The van der Waals surface area contributed by atoms with Crippen molar-refractivity contribution in [2.24, 2.45) is 0 Å². The number of benzene rings is 2. The first-order valence-corrected chi connectivity index (χ1v) is 8.84. The molecule has 2 aromatic rings. The lowest BCUT2D eigenvalue weighted by molar-refractivity contribution is -0.124. The van der Waals surface area contributed by atoms with Crippen molar-refractivity contribution in [1.29, 1.82) is 0 Å². The highest BCUT2D eigenvalue weighted by atomic mass is 16.3. The number of hydrogen-bond donors (Lipinski definition) is 4. The van der Waals surface area contributed by atoms with Gasteiger partial charge < -0.3 is 20.4 Å². The average Bonchev–Trinajstić information content (AvgIpc) is 2.97. The van der Waals surface area contributed by atoms with Gasteiger partial charge in [-0.3, -0.25) is 10.1 Å². The molecule has 0 radical (unpaired) electrons. The Bertz CT molecular complexity index is 789. The normalized spacial score (nSPS) is 18.9. The van der Waals surface area contributed by atoms with Gasteiger partial charge in [-0.15, -0.1) is 0 Å². The Morgan fingerprint density at radius 3 is 2.04 bits per heavy atom. The molecule has 0 bridgehead atoms. The van der Waals surface area contributed by atoms with Crippen molar-refractivity contribution in [2.45, 2.75) is 12.0 Å². The number of hydrogen-bond acceptors (Lipinski definition) is 5. The molecule has 1 saturated heterocycles. The molecule has 2 aromatic carbocycles. The number of aliphatic hydroxyl groups excluding tert-OH is 2. The van der Waals surface area contributed by atoms with Crippen LogP contribution in [0.5, 0.6) is 0 Å². The summed E-state index contributed by atoms with van der Waals surface area (Å²) >= 11 is 0. The lowest BCUT2D eigenvalue weighted by Gasteiger charge is -2.27. The van der Waals surface area contributed by atoms with Crippen LogP contribution in [0.3, 0.4) is 0 Å². The Labute approximate surface area is 157 Å². The quantitative estimate of drug-likeness (QED) is 0.515. The predicted octanol–water partition coefficient (Wildman–Crippen LogP) is 0.755. The van der Waals surface area contributed by atoms with Crippen molar-refractivity contribution in [3.05, 3.63) is 65.7 Å². The summed E-state index contributed by atoms with van der Waals surface area (Å²) in [7, 11) is 0. The summed E-state index contributed by atoms with van der Waals surface area (Å²) in [6.07, 6.45) is 0.314. The summed E-state index contributed by atoms with van der Waals surface area (Å²) in [5.74, 6) is -0.370. The molecule has 1 heterocycles. The van der Waals surface area contributed by atoms with Gasteiger partial charge in [-0.05, 0) is 23.3 Å². The van der Waals surface area contributed by atoms with Crippen LogP contribution >= 0.6 is 0 Å². The number of carbonyl (C=O) groups is 2. The predicted molar refractivity (Wildman–Crippen MR) is 101 cm³/mol. The molecule has 1 fully saturated rings. The van der Waals surface area contributed by atoms with E-state index < -0.39 is 11.6 Å². The number of carbonyl (C=O) groups excluding carboxylic acids is 2. The summed E-state index contributed by atoms with van der Waals surface area (Å²) in [4.78, 5) is 26.3. The number of aliphatic hydroxyl groups is 2. The van der Waals surface area contributed by atoms with Crippen LogP contribution in [0.25, 0.3) is 0 Å². The molecule has 142 valence electrons. The van der Waals surface area contributed by atoms with E-state index in [9.17, 15) is 19.8 Å². The molecule has 0 saturated carbocycles. The smallest absolute Gasteiger partial charge is 0.322 e. The molecule has 0 spiro atoms. The highest BCUT2D eigenvalue weighted by Crippen LogP contribution is 2.30. The van der Waals surface area contributed by atoms with Crippen molar-refractivity contribution in [3.63, 3.8) is 0 Å². The van der Waals surface area contributed by atoms with Crippen LogP contribution in [0.1, 0.15) is 11.1 Å². The molecule has 0 aromatic heterocycles. The monoisotopic (exact) mass is 369 g/mol. The molecule has 1 atom stereocenters. The topological polar surface area (TPSA) is 102 Å². The molecule has 3 amide bonds. The van der Waals surface area contributed by atoms with Gasteiger partial charge in [0.25, 0.3) is 5.91 Å². The Morgan fingerprint density at radius 1 is 0.889 bits per heavy atom. The zero-order valence-electron chi connectivity index (χ0n) is 14.9. The summed E-state index contributed by atoms with van der Waals surface area (Å²) in [6.45, 7) is 0.828. The van der Waals surface area contributed by atoms with E-state index >= 15 is 0 Å². The molecule has 3 rings (SSSR count). The highest BCUT2D eigenvalue weighted by molar-refractivity contribution is 6.07. The maximum atomic E-state index is 12.6. The van der Waals surface area contributed by atoms with Crippen LogP contribution < -0.4 is 15.5 Å². The minimum absolute atomic E-state index is 0.00886. The van der Waals surface area contributed by atoms with E-state index in [1.165, 1.54) is 0 Å². The van der Waals surface area contributed by atoms with Crippen LogP contribution in [0.4, 0.5) is 10.5 Å². The Morgan fingerprint density at radius 2 is 1.52 bits per heavy atom. The first-order chi connectivity index (χ1) is 13.1. The van der Waals surface area contributed by atoms with E-state index in [0.717, 1.165) is 16.8 Å². The zero-order valence-corrected chi connectivity index (χ0v) is 14.9. The molecule has 7 nitrogen and oxygen atoms in total. The van der Waals surface area contributed by atoms with E-state index in [1.807, 2.05) is 59.5 Å². The molecule has 1 aliphatic heterocycles. The van der Waals surface area contributed by atoms with Gasteiger partial charge >= 0.3 is 6.03 Å². The summed E-state index contributed by atoms with van der Waals surface area (Å²) in [5.41, 5.74) is 1.33. The molecular formula is C20H23N3O4. The van der Waals surface area contributed by atoms with Crippen molar-refractivity contribution in [1.82, 2.24) is 10.6 Å². The van der Waals surface area contributed by atoms with Gasteiger partial charge in [0, 0.05) is 25.2 Å². The second kappa shape index (κ2) is 8.20. The van der Waals surface area contributed by atoms with Crippen molar-refractivity contribution in [3.8, 4) is 0 Å². The summed E-state index contributed by atoms with van der Waals surface area (Å²) in [5, 5.41) is 23.5. The summed E-state index contributed by atoms with van der Waals surface area (Å²) < 4.78 is 0. The molecular weight excluding hydrogens is 346 g/mol. The van der Waals surface area contributed by atoms with Crippen LogP contribution in [0, 0.1) is 0 Å². The van der Waals surface area contributed by atoms with E-state index in [0.29, 0.717) is 19.5 Å². The largest absolute Gasteiger partial charge is 0.395 e. The maximum absolute atomic E-state index is 12.6. The van der Waals surface area contributed by atoms with Crippen molar-refractivity contribution in [2.75, 3.05) is 31.2 Å². The molecule has 7 heteroatoms. The molecule has 1 aliphatic rings. The number of rotatable bonds is 8. The molecule has 4 N–H and O–H groups in total. The van der Waals surface area contributed by atoms with Crippen LogP contribution in [-0.2, 0) is 16.8 Å². The van der Waals surface area contributed by atoms with E-state index in [4.69, 9.17) is 0 Å². The third-order valence-electron chi connectivity index (χ3n) is 4.72. The fraction of sp³-hybridized carbons (Fsp3) is 0.300. The van der Waals surface area contributed by atoms with Crippen molar-refractivity contribution >= 4 is 17.6 Å². The zero-order chi connectivity index (χ0) is 19.3. The van der Waals surface area contributed by atoms with Gasteiger partial charge in [-0.25, -0.2) is 4.79 Å². The van der Waals surface area contributed by atoms with E-state index in [2.05, 4.69) is 10.6 Å². The maximum Gasteiger partial charge on any atom is 0.322 e. The lowest BCUT2D eigenvalue weighted by Crippen LogP contribution is -2.45. The van der Waals surface area contributed by atoms with Gasteiger partial charge in [0.2, 0.25) is 0 Å². The standard InChI is InChI=1S/C20H23N3O4/c24-12-10-23(11-13-25)17-8-6-15(7-9-17)14-20(16-4-2-1-3-5-16)18(26)21-19(27)22-20/h1-9,24-25H,10-14H2,(H2,21,22,26,27)/t20-/m1/s1. The lowest BCUT2D eigenvalue weighted by atomic mass is 9.84. The second-order valence-corrected chi connectivity index (χ2v) is 6.46. The number of nitrogens with zero attached hydrogens (tertiary/aromatic N) is 1. The fourth-order valence-electron chi connectivity index (χ4n) is 3.39. The van der Waals surface area contributed by atoms with Crippen LogP contribution in [0.2, 0.25) is 0 Å². The van der Waals surface area contributed by atoms with Gasteiger partial charge in [0.15, 0.2) is 5.54 Å². The Kier molecular flexibility index (Phi) is 5.73. The number of urea groups is 1. The molecule has 27 heavy (non-hydrogen) atoms. The minimum atomic E-state index is -1.14. The Balaban J connectivity index is 1.87.